The second-order valence-electron chi connectivity index (χ2n) is 5.42. The Kier molecular flexibility index (Phi) is 3.65. The fourth-order valence-corrected chi connectivity index (χ4v) is 2.88. The molecule has 1 aromatic carbocycles. The van der Waals surface area contributed by atoms with Gasteiger partial charge in [0.25, 0.3) is 5.91 Å². The van der Waals surface area contributed by atoms with Crippen molar-refractivity contribution in [2.24, 2.45) is 0 Å². The van der Waals surface area contributed by atoms with Crippen molar-refractivity contribution in [3.05, 3.63) is 35.4 Å². The first-order valence-electron chi connectivity index (χ1n) is 6.93. The number of rotatable bonds is 2. The Morgan fingerprint density at radius 2 is 1.67 bits per heavy atom. The highest BCUT2D eigenvalue weighted by atomic mass is 16.5. The van der Waals surface area contributed by atoms with Crippen molar-refractivity contribution >= 4 is 11.9 Å². The molecule has 1 N–H and O–H groups in total. The maximum absolute atomic E-state index is 12.7. The van der Waals surface area contributed by atoms with Crippen molar-refractivity contribution in [3.8, 4) is 0 Å². The van der Waals surface area contributed by atoms with E-state index in [0.717, 1.165) is 6.42 Å². The zero-order valence-corrected chi connectivity index (χ0v) is 11.6. The number of carboxylic acids is 1. The van der Waals surface area contributed by atoms with Crippen LogP contribution in [0.5, 0.6) is 0 Å². The second-order valence-corrected chi connectivity index (χ2v) is 5.42. The lowest BCUT2D eigenvalue weighted by molar-refractivity contribution is -0.0551. The van der Waals surface area contributed by atoms with Crippen molar-refractivity contribution in [2.45, 2.75) is 12.0 Å². The predicted octanol–water partition coefficient (Wildman–Crippen LogP) is 1.02. The van der Waals surface area contributed by atoms with Crippen molar-refractivity contribution in [3.63, 3.8) is 0 Å². The van der Waals surface area contributed by atoms with E-state index in [2.05, 4.69) is 0 Å². The third-order valence-electron chi connectivity index (χ3n) is 4.11. The summed E-state index contributed by atoms with van der Waals surface area (Å²) < 4.78 is 11.0. The topological polar surface area (TPSA) is 76.1 Å². The molecule has 0 aromatic heterocycles. The molecule has 0 aliphatic carbocycles. The Balaban J connectivity index is 1.84. The number of hydrogen-bond acceptors (Lipinski definition) is 4. The molecule has 1 atom stereocenters. The molecular weight excluding hydrogens is 274 g/mol. The molecule has 1 spiro atoms. The van der Waals surface area contributed by atoms with Crippen LogP contribution in [-0.4, -0.2) is 60.4 Å². The summed E-state index contributed by atoms with van der Waals surface area (Å²) in [6, 6.07) is 6.02. The molecule has 6 nitrogen and oxygen atoms in total. The summed E-state index contributed by atoms with van der Waals surface area (Å²) in [5.74, 6) is -1.10. The van der Waals surface area contributed by atoms with E-state index in [0.29, 0.717) is 38.5 Å². The zero-order chi connectivity index (χ0) is 14.9. The van der Waals surface area contributed by atoms with Crippen LogP contribution in [0.15, 0.2) is 24.3 Å². The lowest BCUT2D eigenvalue weighted by Crippen LogP contribution is -2.59. The van der Waals surface area contributed by atoms with Gasteiger partial charge >= 0.3 is 5.97 Å². The van der Waals surface area contributed by atoms with Crippen LogP contribution < -0.4 is 0 Å². The Morgan fingerprint density at radius 3 is 2.29 bits per heavy atom. The average Bonchev–Trinajstić information content (AvgIpc) is 2.96. The van der Waals surface area contributed by atoms with Crippen molar-refractivity contribution < 1.29 is 24.2 Å². The van der Waals surface area contributed by atoms with Gasteiger partial charge in [-0.15, -0.1) is 0 Å². The lowest BCUT2D eigenvalue weighted by atomic mass is 9.94. The number of ether oxygens (including phenoxy) is 2. The minimum absolute atomic E-state index is 0.0965. The molecule has 2 saturated heterocycles. The average molecular weight is 291 g/mol. The van der Waals surface area contributed by atoms with Gasteiger partial charge in [-0.1, -0.05) is 0 Å². The molecule has 2 heterocycles. The van der Waals surface area contributed by atoms with E-state index in [4.69, 9.17) is 14.6 Å². The van der Waals surface area contributed by atoms with Crippen LogP contribution in [0, 0.1) is 0 Å². The Bertz CT molecular complexity index is 548. The van der Waals surface area contributed by atoms with Gasteiger partial charge in [-0.2, -0.15) is 0 Å². The summed E-state index contributed by atoms with van der Waals surface area (Å²) in [6.45, 7) is 2.66. The van der Waals surface area contributed by atoms with Gasteiger partial charge in [0.2, 0.25) is 0 Å². The molecule has 2 fully saturated rings. The molecule has 0 radical (unpaired) electrons. The third-order valence-corrected chi connectivity index (χ3v) is 4.11. The van der Waals surface area contributed by atoms with E-state index in [9.17, 15) is 9.59 Å². The molecular formula is C15H17NO5. The smallest absolute Gasteiger partial charge is 0.335 e. The van der Waals surface area contributed by atoms with Gasteiger partial charge in [-0.05, 0) is 30.7 Å². The lowest BCUT2D eigenvalue weighted by Gasteiger charge is -2.43. The number of nitrogens with zero attached hydrogens (tertiary/aromatic N) is 1. The summed E-state index contributed by atoms with van der Waals surface area (Å²) in [7, 11) is 0. The van der Waals surface area contributed by atoms with Crippen LogP contribution in [-0.2, 0) is 9.47 Å². The monoisotopic (exact) mass is 291 g/mol. The maximum atomic E-state index is 12.7. The first-order chi connectivity index (χ1) is 10.1. The second kappa shape index (κ2) is 5.46. The molecule has 21 heavy (non-hydrogen) atoms. The highest BCUT2D eigenvalue weighted by Gasteiger charge is 2.45. The van der Waals surface area contributed by atoms with Gasteiger partial charge in [-0.3, -0.25) is 4.79 Å². The first kappa shape index (κ1) is 14.0. The third kappa shape index (κ3) is 2.52. The Morgan fingerprint density at radius 1 is 1.05 bits per heavy atom. The molecule has 2 aliphatic heterocycles. The summed E-state index contributed by atoms with van der Waals surface area (Å²) in [5.41, 5.74) is 0.293. The molecule has 112 valence electrons. The molecule has 1 amide bonds. The molecule has 0 bridgehead atoms. The fraction of sp³-hybridized carbons (Fsp3) is 0.467. The molecule has 0 saturated carbocycles. The van der Waals surface area contributed by atoms with Crippen LogP contribution >= 0.6 is 0 Å². The summed E-state index contributed by atoms with van der Waals surface area (Å²) in [5, 5.41) is 8.90. The summed E-state index contributed by atoms with van der Waals surface area (Å²) >= 11 is 0. The van der Waals surface area contributed by atoms with E-state index in [-0.39, 0.29) is 17.0 Å². The van der Waals surface area contributed by atoms with Crippen molar-refractivity contribution in [1.82, 2.24) is 4.90 Å². The van der Waals surface area contributed by atoms with Crippen LogP contribution in [0.1, 0.15) is 27.1 Å². The number of carboxylic acid groups (broad SMARTS) is 1. The SMILES string of the molecule is O=C(O)c1ccc(C(=O)N2CCOC[C@]23CCOC3)cc1. The Labute approximate surface area is 122 Å². The van der Waals surface area contributed by atoms with E-state index in [1.165, 1.54) is 12.1 Å². The van der Waals surface area contributed by atoms with Crippen LogP contribution in [0.3, 0.4) is 0 Å². The molecule has 1 aromatic rings. The van der Waals surface area contributed by atoms with E-state index in [1.54, 1.807) is 12.1 Å². The van der Waals surface area contributed by atoms with Gasteiger partial charge in [0.1, 0.15) is 0 Å². The molecule has 6 heteroatoms. The quantitative estimate of drug-likeness (QED) is 0.880. The van der Waals surface area contributed by atoms with Gasteiger partial charge in [0.15, 0.2) is 0 Å². The minimum atomic E-state index is -0.999. The van der Waals surface area contributed by atoms with Crippen LogP contribution in [0.2, 0.25) is 0 Å². The van der Waals surface area contributed by atoms with E-state index >= 15 is 0 Å². The van der Waals surface area contributed by atoms with Crippen LogP contribution in [0.25, 0.3) is 0 Å². The summed E-state index contributed by atoms with van der Waals surface area (Å²) in [6.07, 6.45) is 0.770. The standard InChI is InChI=1S/C15H17NO5/c17-13(11-1-3-12(4-2-11)14(18)19)16-6-8-21-10-15(16)5-7-20-9-15/h1-4H,5-10H2,(H,18,19)/t15-/m1/s1. The normalized spacial score (nSPS) is 25.2. The number of aromatic carboxylic acids is 1. The highest BCUT2D eigenvalue weighted by molar-refractivity contribution is 5.96. The molecule has 3 rings (SSSR count). The molecule has 0 unspecified atom stereocenters. The number of carbonyl (C=O) groups is 2. The van der Waals surface area contributed by atoms with E-state index < -0.39 is 5.97 Å². The maximum Gasteiger partial charge on any atom is 0.335 e. The first-order valence-corrected chi connectivity index (χ1v) is 6.93. The van der Waals surface area contributed by atoms with Gasteiger partial charge in [0.05, 0.1) is 30.9 Å². The van der Waals surface area contributed by atoms with Crippen molar-refractivity contribution in [2.75, 3.05) is 33.0 Å². The zero-order valence-electron chi connectivity index (χ0n) is 11.6. The van der Waals surface area contributed by atoms with Gasteiger partial charge < -0.3 is 19.5 Å². The van der Waals surface area contributed by atoms with Gasteiger partial charge in [0, 0.05) is 18.7 Å². The number of amides is 1. The number of hydrogen-bond donors (Lipinski definition) is 1. The Hall–Kier alpha value is -1.92. The number of morpholine rings is 1. The number of carbonyl (C=O) groups excluding carboxylic acids is 1. The fourth-order valence-electron chi connectivity index (χ4n) is 2.88. The van der Waals surface area contributed by atoms with E-state index in [1.807, 2.05) is 4.90 Å². The van der Waals surface area contributed by atoms with Crippen molar-refractivity contribution in [1.29, 1.82) is 0 Å². The summed E-state index contributed by atoms with van der Waals surface area (Å²) in [4.78, 5) is 25.4. The van der Waals surface area contributed by atoms with Crippen LogP contribution in [0.4, 0.5) is 0 Å². The molecule has 2 aliphatic rings. The minimum Gasteiger partial charge on any atom is -0.478 e. The van der Waals surface area contributed by atoms with Gasteiger partial charge in [-0.25, -0.2) is 4.79 Å². The number of benzene rings is 1. The predicted molar refractivity (Wildman–Crippen MR) is 73.4 cm³/mol. The largest absolute Gasteiger partial charge is 0.478 e. The highest BCUT2D eigenvalue weighted by Crippen LogP contribution is 2.30.